The molecule has 0 radical (unpaired) electrons. The topological polar surface area (TPSA) is 55.6 Å². The molecule has 122 valence electrons. The number of likely N-dealkylation sites (tertiary alicyclic amines) is 1. The Labute approximate surface area is 132 Å². The van der Waals surface area contributed by atoms with E-state index in [2.05, 4.69) is 19.0 Å². The van der Waals surface area contributed by atoms with E-state index in [4.69, 9.17) is 9.26 Å². The lowest BCUT2D eigenvalue weighted by Crippen LogP contribution is -2.50. The number of carbonyl (C=O) groups is 1. The van der Waals surface area contributed by atoms with E-state index < -0.39 is 0 Å². The van der Waals surface area contributed by atoms with Gasteiger partial charge < -0.3 is 14.2 Å². The zero-order valence-corrected chi connectivity index (χ0v) is 14.0. The van der Waals surface area contributed by atoms with E-state index in [0.29, 0.717) is 35.4 Å². The highest BCUT2D eigenvalue weighted by molar-refractivity contribution is 5.96. The maximum absolute atomic E-state index is 12.8. The van der Waals surface area contributed by atoms with Crippen LogP contribution in [0.1, 0.15) is 54.9 Å². The van der Waals surface area contributed by atoms with Gasteiger partial charge in [-0.15, -0.1) is 0 Å². The van der Waals surface area contributed by atoms with Gasteiger partial charge in [0.05, 0.1) is 17.9 Å². The molecule has 1 aromatic heterocycles. The molecular formula is C17H26N2O3. The van der Waals surface area contributed by atoms with Crippen LogP contribution in [-0.4, -0.2) is 41.3 Å². The first-order chi connectivity index (χ1) is 10.4. The van der Waals surface area contributed by atoms with E-state index in [1.165, 1.54) is 0 Å². The van der Waals surface area contributed by atoms with Crippen LogP contribution >= 0.6 is 0 Å². The summed E-state index contributed by atoms with van der Waals surface area (Å²) < 4.78 is 11.3. The number of hydrogen-bond acceptors (Lipinski definition) is 4. The van der Waals surface area contributed by atoms with Crippen LogP contribution in [0, 0.1) is 25.7 Å². The molecule has 0 bridgehead atoms. The highest BCUT2D eigenvalue weighted by Crippen LogP contribution is 2.40. The van der Waals surface area contributed by atoms with Gasteiger partial charge in [-0.25, -0.2) is 0 Å². The van der Waals surface area contributed by atoms with Gasteiger partial charge in [-0.3, -0.25) is 4.79 Å². The van der Waals surface area contributed by atoms with Crippen LogP contribution in [0.2, 0.25) is 0 Å². The Morgan fingerprint density at radius 1 is 1.41 bits per heavy atom. The summed E-state index contributed by atoms with van der Waals surface area (Å²) in [6, 6.07) is 0. The summed E-state index contributed by atoms with van der Waals surface area (Å²) in [6.45, 7) is 10.4. The predicted molar refractivity (Wildman–Crippen MR) is 82.7 cm³/mol. The highest BCUT2D eigenvalue weighted by atomic mass is 16.5. The molecule has 5 heteroatoms. The minimum atomic E-state index is -0.137. The van der Waals surface area contributed by atoms with Crippen molar-refractivity contribution in [1.29, 1.82) is 0 Å². The molecule has 0 aromatic carbocycles. The average molecular weight is 306 g/mol. The minimum absolute atomic E-state index is 0.0342. The number of ether oxygens (including phenoxy) is 1. The monoisotopic (exact) mass is 306 g/mol. The predicted octanol–water partition coefficient (Wildman–Crippen LogP) is 2.96. The van der Waals surface area contributed by atoms with Crippen molar-refractivity contribution in [1.82, 2.24) is 10.1 Å². The molecule has 0 unspecified atom stereocenters. The van der Waals surface area contributed by atoms with Crippen LogP contribution < -0.4 is 0 Å². The minimum Gasteiger partial charge on any atom is -0.373 e. The molecule has 1 aromatic rings. The smallest absolute Gasteiger partial charge is 0.259 e. The van der Waals surface area contributed by atoms with Crippen LogP contribution in [0.5, 0.6) is 0 Å². The van der Waals surface area contributed by atoms with Gasteiger partial charge in [0, 0.05) is 13.1 Å². The molecule has 1 spiro atoms. The van der Waals surface area contributed by atoms with Crippen molar-refractivity contribution in [2.45, 2.75) is 52.6 Å². The van der Waals surface area contributed by atoms with Gasteiger partial charge in [0.15, 0.2) is 0 Å². The zero-order valence-electron chi connectivity index (χ0n) is 14.0. The van der Waals surface area contributed by atoms with E-state index in [1.54, 1.807) is 6.92 Å². The van der Waals surface area contributed by atoms with E-state index in [1.807, 2.05) is 11.8 Å². The van der Waals surface area contributed by atoms with Gasteiger partial charge in [-0.1, -0.05) is 19.0 Å². The Balaban J connectivity index is 1.75. The van der Waals surface area contributed by atoms with E-state index in [0.717, 1.165) is 32.4 Å². The quantitative estimate of drug-likeness (QED) is 0.843. The van der Waals surface area contributed by atoms with Crippen molar-refractivity contribution >= 4 is 5.91 Å². The van der Waals surface area contributed by atoms with Crippen LogP contribution in [0.3, 0.4) is 0 Å². The van der Waals surface area contributed by atoms with Crippen molar-refractivity contribution < 1.29 is 14.1 Å². The Kier molecular flexibility index (Phi) is 4.02. The Morgan fingerprint density at radius 2 is 2.18 bits per heavy atom. The van der Waals surface area contributed by atoms with Gasteiger partial charge in [0.2, 0.25) is 0 Å². The van der Waals surface area contributed by atoms with Crippen molar-refractivity contribution in [2.24, 2.45) is 11.8 Å². The lowest BCUT2D eigenvalue weighted by atomic mass is 9.82. The first-order valence-electron chi connectivity index (χ1n) is 8.28. The summed E-state index contributed by atoms with van der Waals surface area (Å²) in [4.78, 5) is 14.8. The van der Waals surface area contributed by atoms with Gasteiger partial charge in [0.25, 0.3) is 5.91 Å². The van der Waals surface area contributed by atoms with Gasteiger partial charge >= 0.3 is 0 Å². The van der Waals surface area contributed by atoms with Crippen LogP contribution in [0.25, 0.3) is 0 Å². The molecule has 0 N–H and O–H groups in total. The SMILES string of the molecule is Cc1noc(C)c1C(=O)N1CCC[C@@]2(C[C@H](C(C)C)CO2)C1. The normalized spacial score (nSPS) is 28.8. The van der Waals surface area contributed by atoms with Gasteiger partial charge in [0.1, 0.15) is 11.3 Å². The number of hydrogen-bond donors (Lipinski definition) is 0. The molecule has 22 heavy (non-hydrogen) atoms. The molecule has 3 rings (SSSR count). The number of rotatable bonds is 2. The summed E-state index contributed by atoms with van der Waals surface area (Å²) in [5.74, 6) is 1.88. The van der Waals surface area contributed by atoms with Crippen LogP contribution in [0.4, 0.5) is 0 Å². The van der Waals surface area contributed by atoms with E-state index >= 15 is 0 Å². The fraction of sp³-hybridized carbons (Fsp3) is 0.765. The largest absolute Gasteiger partial charge is 0.373 e. The maximum atomic E-state index is 12.8. The third-order valence-electron chi connectivity index (χ3n) is 5.25. The Morgan fingerprint density at radius 3 is 2.77 bits per heavy atom. The molecule has 2 atom stereocenters. The second-order valence-electron chi connectivity index (χ2n) is 7.23. The maximum Gasteiger partial charge on any atom is 0.259 e. The number of carbonyl (C=O) groups excluding carboxylic acids is 1. The number of aryl methyl sites for hydroxylation is 2. The highest BCUT2D eigenvalue weighted by Gasteiger charge is 2.45. The molecule has 2 fully saturated rings. The number of nitrogens with zero attached hydrogens (tertiary/aromatic N) is 2. The first-order valence-corrected chi connectivity index (χ1v) is 8.28. The molecular weight excluding hydrogens is 280 g/mol. The molecule has 3 heterocycles. The molecule has 2 aliphatic rings. The van der Waals surface area contributed by atoms with Crippen molar-refractivity contribution in [3.05, 3.63) is 17.0 Å². The first kappa shape index (κ1) is 15.5. The van der Waals surface area contributed by atoms with Crippen molar-refractivity contribution in [2.75, 3.05) is 19.7 Å². The summed E-state index contributed by atoms with van der Waals surface area (Å²) in [6.07, 6.45) is 3.12. The standard InChI is InChI=1S/C17H26N2O3/c1-11(2)14-8-17(21-9-14)6-5-7-19(10-17)16(20)15-12(3)18-22-13(15)4/h11,14H,5-10H2,1-4H3/t14-,17+/m0/s1. The summed E-state index contributed by atoms with van der Waals surface area (Å²) in [5, 5.41) is 3.90. The Hall–Kier alpha value is -1.36. The summed E-state index contributed by atoms with van der Waals surface area (Å²) in [5.41, 5.74) is 1.16. The molecule has 2 aliphatic heterocycles. The Bertz CT molecular complexity index is 547. The van der Waals surface area contributed by atoms with Crippen LogP contribution in [-0.2, 0) is 4.74 Å². The summed E-state index contributed by atoms with van der Waals surface area (Å²) >= 11 is 0. The summed E-state index contributed by atoms with van der Waals surface area (Å²) in [7, 11) is 0. The van der Waals surface area contributed by atoms with E-state index in [-0.39, 0.29) is 11.5 Å². The van der Waals surface area contributed by atoms with Crippen molar-refractivity contribution in [3.63, 3.8) is 0 Å². The number of amides is 1. The third kappa shape index (κ3) is 2.67. The van der Waals surface area contributed by atoms with Gasteiger partial charge in [-0.2, -0.15) is 0 Å². The third-order valence-corrected chi connectivity index (χ3v) is 5.25. The lowest BCUT2D eigenvalue weighted by molar-refractivity contribution is -0.0451. The fourth-order valence-electron chi connectivity index (χ4n) is 3.81. The average Bonchev–Trinajstić information content (AvgIpc) is 3.03. The molecule has 5 nitrogen and oxygen atoms in total. The lowest BCUT2D eigenvalue weighted by Gasteiger charge is -2.40. The van der Waals surface area contributed by atoms with E-state index in [9.17, 15) is 4.79 Å². The molecule has 0 aliphatic carbocycles. The second-order valence-corrected chi connectivity index (χ2v) is 7.23. The number of aromatic nitrogens is 1. The molecule has 0 saturated carbocycles. The molecule has 1 amide bonds. The number of piperidine rings is 1. The fourth-order valence-corrected chi connectivity index (χ4v) is 3.81. The van der Waals surface area contributed by atoms with Crippen LogP contribution in [0.15, 0.2) is 4.52 Å². The van der Waals surface area contributed by atoms with Crippen molar-refractivity contribution in [3.8, 4) is 0 Å². The second kappa shape index (κ2) is 5.69. The van der Waals surface area contributed by atoms with Gasteiger partial charge in [-0.05, 0) is 44.9 Å². The molecule has 2 saturated heterocycles. The zero-order chi connectivity index (χ0) is 15.9.